The van der Waals surface area contributed by atoms with Gasteiger partial charge in [0.25, 0.3) is 0 Å². The molecule has 1 unspecified atom stereocenters. The van der Waals surface area contributed by atoms with Crippen LogP contribution in [0.2, 0.25) is 0 Å². The lowest BCUT2D eigenvalue weighted by molar-refractivity contribution is 0.531. The van der Waals surface area contributed by atoms with E-state index >= 15 is 0 Å². The van der Waals surface area contributed by atoms with E-state index in [0.717, 1.165) is 29.0 Å². The Kier molecular flexibility index (Phi) is 4.71. The highest BCUT2D eigenvalue weighted by Gasteiger charge is 2.23. The average molecular weight is 323 g/mol. The van der Waals surface area contributed by atoms with Crippen molar-refractivity contribution >= 4 is 15.9 Å². The first-order chi connectivity index (χ1) is 9.19. The first-order valence-electron chi connectivity index (χ1n) is 6.55. The third kappa shape index (κ3) is 2.87. The zero-order valence-corrected chi connectivity index (χ0v) is 13.1. The maximum Gasteiger partial charge on any atom is 0.0936 e. The molecule has 5 heteroatoms. The van der Waals surface area contributed by atoms with Gasteiger partial charge in [-0.15, -0.1) is 0 Å². The first-order valence-corrected chi connectivity index (χ1v) is 7.34. The molecule has 1 atom stereocenters. The lowest BCUT2D eigenvalue weighted by Crippen LogP contribution is -2.26. The fourth-order valence-corrected chi connectivity index (χ4v) is 2.76. The van der Waals surface area contributed by atoms with E-state index in [1.165, 1.54) is 5.56 Å². The Morgan fingerprint density at radius 2 is 2.21 bits per heavy atom. The number of hydrogen-bond donors (Lipinski definition) is 1. The Balaban J connectivity index is 2.51. The smallest absolute Gasteiger partial charge is 0.0936 e. The van der Waals surface area contributed by atoms with Crippen molar-refractivity contribution < 1.29 is 0 Å². The maximum absolute atomic E-state index is 4.55. The third-order valence-electron chi connectivity index (χ3n) is 3.14. The average Bonchev–Trinajstić information content (AvgIpc) is 2.78. The number of rotatable bonds is 5. The van der Waals surface area contributed by atoms with E-state index in [-0.39, 0.29) is 6.04 Å². The van der Waals surface area contributed by atoms with Crippen molar-refractivity contribution in [3.63, 3.8) is 0 Å². The molecule has 0 amide bonds. The number of aromatic nitrogens is 3. The van der Waals surface area contributed by atoms with Gasteiger partial charge < -0.3 is 5.32 Å². The molecule has 102 valence electrons. The van der Waals surface area contributed by atoms with Gasteiger partial charge in [-0.3, -0.25) is 9.67 Å². The molecule has 0 fully saturated rings. The number of halogens is 1. The lowest BCUT2D eigenvalue weighted by atomic mass is 10.0. The third-order valence-corrected chi connectivity index (χ3v) is 3.75. The van der Waals surface area contributed by atoms with Crippen molar-refractivity contribution in [2.24, 2.45) is 0 Å². The molecule has 0 spiro atoms. The van der Waals surface area contributed by atoms with Gasteiger partial charge in [0.2, 0.25) is 0 Å². The van der Waals surface area contributed by atoms with Crippen LogP contribution in [0.5, 0.6) is 0 Å². The molecule has 0 saturated heterocycles. The van der Waals surface area contributed by atoms with E-state index < -0.39 is 0 Å². The molecular weight excluding hydrogens is 304 g/mol. The molecule has 2 aromatic rings. The van der Waals surface area contributed by atoms with Crippen LogP contribution in [0.3, 0.4) is 0 Å². The molecule has 2 rings (SSSR count). The van der Waals surface area contributed by atoms with E-state index in [9.17, 15) is 0 Å². The molecule has 0 saturated carbocycles. The highest BCUT2D eigenvalue weighted by Crippen LogP contribution is 2.29. The summed E-state index contributed by atoms with van der Waals surface area (Å²) >= 11 is 3.60. The van der Waals surface area contributed by atoms with Crippen LogP contribution in [0.15, 0.2) is 29.0 Å². The highest BCUT2D eigenvalue weighted by atomic mass is 79.9. The monoisotopic (exact) mass is 322 g/mol. The Morgan fingerprint density at radius 3 is 2.84 bits per heavy atom. The van der Waals surface area contributed by atoms with Crippen molar-refractivity contribution in [2.45, 2.75) is 33.4 Å². The van der Waals surface area contributed by atoms with Gasteiger partial charge in [-0.25, -0.2) is 0 Å². The second-order valence-corrected chi connectivity index (χ2v) is 5.24. The Morgan fingerprint density at radius 1 is 1.42 bits per heavy atom. The van der Waals surface area contributed by atoms with Gasteiger partial charge in [0, 0.05) is 12.7 Å². The molecule has 2 heterocycles. The fraction of sp³-hybridized carbons (Fsp3) is 0.429. The molecule has 2 aromatic heterocycles. The normalized spacial score (nSPS) is 12.6. The maximum atomic E-state index is 4.55. The van der Waals surface area contributed by atoms with Crippen LogP contribution < -0.4 is 5.32 Å². The summed E-state index contributed by atoms with van der Waals surface area (Å²) in [6, 6.07) is 4.12. The minimum Gasteiger partial charge on any atom is -0.304 e. The van der Waals surface area contributed by atoms with Crippen molar-refractivity contribution in [3.8, 4) is 0 Å². The van der Waals surface area contributed by atoms with Crippen molar-refractivity contribution in [1.29, 1.82) is 0 Å². The Labute approximate surface area is 122 Å². The summed E-state index contributed by atoms with van der Waals surface area (Å²) in [6.45, 7) is 8.01. The second kappa shape index (κ2) is 6.30. The van der Waals surface area contributed by atoms with E-state index in [4.69, 9.17) is 0 Å². The van der Waals surface area contributed by atoms with Gasteiger partial charge >= 0.3 is 0 Å². The SMILES string of the molecule is CCNC(c1ncccc1C)c1c(Br)cnn1CC. The molecule has 0 aliphatic rings. The number of aryl methyl sites for hydroxylation is 2. The van der Waals surface area contributed by atoms with E-state index in [1.54, 1.807) is 0 Å². The van der Waals surface area contributed by atoms with Crippen LogP contribution in [0.4, 0.5) is 0 Å². The molecule has 1 N–H and O–H groups in total. The van der Waals surface area contributed by atoms with Gasteiger partial charge in [0.15, 0.2) is 0 Å². The predicted octanol–water partition coefficient (Wildman–Crippen LogP) is 3.07. The lowest BCUT2D eigenvalue weighted by Gasteiger charge is -2.21. The predicted molar refractivity (Wildman–Crippen MR) is 80.1 cm³/mol. The molecule has 19 heavy (non-hydrogen) atoms. The standard InChI is InChI=1S/C14H19BrN4/c1-4-16-13(12-10(3)7-6-8-17-12)14-11(15)9-18-19(14)5-2/h6-9,13,16H,4-5H2,1-3H3. The van der Waals surface area contributed by atoms with E-state index in [0.29, 0.717) is 0 Å². The van der Waals surface area contributed by atoms with Crippen LogP contribution in [0.25, 0.3) is 0 Å². The Bertz CT molecular complexity index is 550. The summed E-state index contributed by atoms with van der Waals surface area (Å²) in [5.74, 6) is 0. The minimum absolute atomic E-state index is 0.0584. The van der Waals surface area contributed by atoms with Gasteiger partial charge in [0.1, 0.15) is 0 Å². The van der Waals surface area contributed by atoms with Crippen molar-refractivity contribution in [1.82, 2.24) is 20.1 Å². The van der Waals surface area contributed by atoms with Gasteiger partial charge in [-0.05, 0) is 48.0 Å². The zero-order chi connectivity index (χ0) is 13.8. The zero-order valence-electron chi connectivity index (χ0n) is 11.5. The van der Waals surface area contributed by atoms with Crippen LogP contribution in [0, 0.1) is 6.92 Å². The number of nitrogens with one attached hydrogen (secondary N) is 1. The van der Waals surface area contributed by atoms with Gasteiger partial charge in [0.05, 0.1) is 28.1 Å². The van der Waals surface area contributed by atoms with Gasteiger partial charge in [-0.2, -0.15) is 5.10 Å². The molecule has 0 radical (unpaired) electrons. The van der Waals surface area contributed by atoms with Gasteiger partial charge in [-0.1, -0.05) is 13.0 Å². The second-order valence-electron chi connectivity index (χ2n) is 4.39. The number of pyridine rings is 1. The van der Waals surface area contributed by atoms with Crippen molar-refractivity contribution in [3.05, 3.63) is 46.0 Å². The fourth-order valence-electron chi connectivity index (χ4n) is 2.24. The molecule has 4 nitrogen and oxygen atoms in total. The summed E-state index contributed by atoms with van der Waals surface area (Å²) < 4.78 is 3.02. The molecule has 0 aliphatic heterocycles. The van der Waals surface area contributed by atoms with Crippen LogP contribution >= 0.6 is 15.9 Å². The molecule has 0 aliphatic carbocycles. The largest absolute Gasteiger partial charge is 0.304 e. The first kappa shape index (κ1) is 14.2. The Hall–Kier alpha value is -1.20. The van der Waals surface area contributed by atoms with E-state index in [1.807, 2.05) is 23.1 Å². The number of nitrogens with zero attached hydrogens (tertiary/aromatic N) is 3. The van der Waals surface area contributed by atoms with Crippen LogP contribution in [-0.4, -0.2) is 21.3 Å². The summed E-state index contributed by atoms with van der Waals surface area (Å²) in [4.78, 5) is 4.55. The summed E-state index contributed by atoms with van der Waals surface area (Å²) in [7, 11) is 0. The summed E-state index contributed by atoms with van der Waals surface area (Å²) in [5, 5.41) is 7.90. The molecular formula is C14H19BrN4. The minimum atomic E-state index is 0.0584. The van der Waals surface area contributed by atoms with Crippen molar-refractivity contribution in [2.75, 3.05) is 6.54 Å². The summed E-state index contributed by atoms with van der Waals surface area (Å²) in [5.41, 5.74) is 3.37. The van der Waals surface area contributed by atoms with Crippen LogP contribution in [0.1, 0.15) is 36.8 Å². The quantitative estimate of drug-likeness (QED) is 0.919. The number of hydrogen-bond acceptors (Lipinski definition) is 3. The van der Waals surface area contributed by atoms with Crippen LogP contribution in [-0.2, 0) is 6.54 Å². The highest BCUT2D eigenvalue weighted by molar-refractivity contribution is 9.10. The topological polar surface area (TPSA) is 42.7 Å². The molecule has 0 bridgehead atoms. The summed E-state index contributed by atoms with van der Waals surface area (Å²) in [6.07, 6.45) is 3.69. The molecule has 0 aromatic carbocycles. The van der Waals surface area contributed by atoms with E-state index in [2.05, 4.69) is 58.2 Å².